The fraction of sp³-hybridized carbons (Fsp3) is 0.115. The molecule has 0 fully saturated rings. The molecule has 0 saturated heterocycles. The molecule has 0 spiro atoms. The maximum atomic E-state index is 12.6. The summed E-state index contributed by atoms with van der Waals surface area (Å²) in [6, 6.07) is 20.7. The molecule has 0 aliphatic carbocycles. The topological polar surface area (TPSA) is 73.3 Å². The Morgan fingerprint density at radius 1 is 0.844 bits per heavy atom. The van der Waals surface area contributed by atoms with Crippen LogP contribution in [-0.2, 0) is 0 Å². The first-order valence-corrected chi connectivity index (χ1v) is 10.1. The van der Waals surface area contributed by atoms with Crippen LogP contribution >= 0.6 is 0 Å². The van der Waals surface area contributed by atoms with Crippen molar-refractivity contribution in [2.45, 2.75) is 13.8 Å². The summed E-state index contributed by atoms with van der Waals surface area (Å²) in [6.45, 7) is 4.01. The van der Waals surface area contributed by atoms with Crippen LogP contribution in [0.25, 0.3) is 11.1 Å². The zero-order valence-corrected chi connectivity index (χ0v) is 18.1. The lowest BCUT2D eigenvalue weighted by atomic mass is 10.1. The molecule has 0 bridgehead atoms. The molecule has 160 valence electrons. The molecule has 0 aliphatic rings. The number of rotatable bonds is 6. The molecule has 0 atom stereocenters. The number of nitrogens with zero attached hydrogens (tertiary/aromatic N) is 2. The van der Waals surface area contributed by atoms with E-state index in [9.17, 15) is 4.79 Å². The van der Waals surface area contributed by atoms with Gasteiger partial charge in [0, 0.05) is 35.3 Å². The summed E-state index contributed by atoms with van der Waals surface area (Å²) < 4.78 is 10.9. The van der Waals surface area contributed by atoms with Crippen LogP contribution in [-0.4, -0.2) is 23.0 Å². The molecule has 6 nitrogen and oxygen atoms in total. The van der Waals surface area contributed by atoms with Gasteiger partial charge in [-0.15, -0.1) is 0 Å². The van der Waals surface area contributed by atoms with Gasteiger partial charge >= 0.3 is 6.01 Å². The van der Waals surface area contributed by atoms with Gasteiger partial charge in [-0.1, -0.05) is 35.9 Å². The molecule has 0 aliphatic heterocycles. The van der Waals surface area contributed by atoms with E-state index in [2.05, 4.69) is 15.3 Å². The second-order valence-corrected chi connectivity index (χ2v) is 7.39. The van der Waals surface area contributed by atoms with Crippen molar-refractivity contribution < 1.29 is 14.3 Å². The van der Waals surface area contributed by atoms with Crippen LogP contribution in [0.5, 0.6) is 17.5 Å². The Morgan fingerprint density at radius 3 is 2.25 bits per heavy atom. The van der Waals surface area contributed by atoms with Crippen molar-refractivity contribution in [2.24, 2.45) is 0 Å². The normalized spacial score (nSPS) is 10.5. The number of methoxy groups -OCH3 is 1. The molecule has 4 aromatic rings. The molecule has 1 heterocycles. The van der Waals surface area contributed by atoms with Crippen molar-refractivity contribution in [1.29, 1.82) is 0 Å². The van der Waals surface area contributed by atoms with E-state index < -0.39 is 0 Å². The molecule has 1 amide bonds. The summed E-state index contributed by atoms with van der Waals surface area (Å²) in [7, 11) is 1.60. The fourth-order valence-electron chi connectivity index (χ4n) is 3.25. The Balaban J connectivity index is 1.43. The highest BCUT2D eigenvalue weighted by atomic mass is 16.5. The second-order valence-electron chi connectivity index (χ2n) is 7.39. The quantitative estimate of drug-likeness (QED) is 0.422. The Bertz CT molecular complexity index is 1240. The molecule has 0 unspecified atom stereocenters. The maximum Gasteiger partial charge on any atom is 0.321 e. The van der Waals surface area contributed by atoms with Crippen LogP contribution < -0.4 is 14.8 Å². The number of nitrogens with one attached hydrogen (secondary N) is 1. The molecule has 0 radical (unpaired) electrons. The van der Waals surface area contributed by atoms with E-state index >= 15 is 0 Å². The maximum absolute atomic E-state index is 12.6. The number of amides is 1. The minimum absolute atomic E-state index is 0.151. The molecule has 0 saturated carbocycles. The number of carbonyl (C=O) groups is 1. The van der Waals surface area contributed by atoms with E-state index in [0.29, 0.717) is 17.1 Å². The van der Waals surface area contributed by atoms with E-state index in [1.165, 1.54) is 0 Å². The summed E-state index contributed by atoms with van der Waals surface area (Å²) in [5, 5.41) is 2.96. The highest BCUT2D eigenvalue weighted by Crippen LogP contribution is 2.25. The molecule has 32 heavy (non-hydrogen) atoms. The lowest BCUT2D eigenvalue weighted by molar-refractivity contribution is 0.102. The molecule has 1 N–H and O–H groups in total. The van der Waals surface area contributed by atoms with Gasteiger partial charge < -0.3 is 14.8 Å². The predicted molar refractivity (Wildman–Crippen MR) is 124 cm³/mol. The van der Waals surface area contributed by atoms with Crippen molar-refractivity contribution >= 4 is 11.6 Å². The van der Waals surface area contributed by atoms with Crippen LogP contribution in [0.15, 0.2) is 79.1 Å². The average molecular weight is 425 g/mol. The third kappa shape index (κ3) is 4.92. The van der Waals surface area contributed by atoms with E-state index in [1.54, 1.807) is 37.7 Å². The number of aryl methyl sites for hydroxylation is 2. The first kappa shape index (κ1) is 21.1. The molecule has 6 heteroatoms. The number of hydrogen-bond acceptors (Lipinski definition) is 5. The molecule has 3 aromatic carbocycles. The molecule has 1 aromatic heterocycles. The lowest BCUT2D eigenvalue weighted by Gasteiger charge is -2.10. The van der Waals surface area contributed by atoms with Crippen molar-refractivity contribution in [3.63, 3.8) is 0 Å². The van der Waals surface area contributed by atoms with Crippen LogP contribution in [0, 0.1) is 13.8 Å². The number of anilines is 1. The monoisotopic (exact) mass is 425 g/mol. The minimum Gasteiger partial charge on any atom is -0.497 e. The number of hydrogen-bond donors (Lipinski definition) is 1. The third-order valence-electron chi connectivity index (χ3n) is 4.99. The Hall–Kier alpha value is -4.19. The zero-order valence-electron chi connectivity index (χ0n) is 18.1. The van der Waals surface area contributed by atoms with Crippen molar-refractivity contribution in [2.75, 3.05) is 12.4 Å². The summed E-state index contributed by atoms with van der Waals surface area (Å²) in [6.07, 6.45) is 3.38. The standard InChI is InChI=1S/C26H23N3O3/c1-17-7-12-24(18(2)13-17)29-25(30)20-10-8-19(9-11-20)21-15-27-26(28-16-21)32-23-6-4-5-22(14-23)31-3/h4-16H,1-3H3,(H,29,30). The zero-order chi connectivity index (χ0) is 22.5. The number of benzene rings is 3. The SMILES string of the molecule is COc1cccc(Oc2ncc(-c3ccc(C(=O)Nc4ccc(C)cc4C)cc3)cn2)c1. The van der Waals surface area contributed by atoms with Gasteiger partial charge in [-0.25, -0.2) is 9.97 Å². The second kappa shape index (κ2) is 9.31. The number of aromatic nitrogens is 2. The average Bonchev–Trinajstić information content (AvgIpc) is 2.81. The Labute approximate surface area is 186 Å². The van der Waals surface area contributed by atoms with Gasteiger partial charge in [-0.2, -0.15) is 0 Å². The van der Waals surface area contributed by atoms with Crippen LogP contribution in [0.3, 0.4) is 0 Å². The first-order valence-electron chi connectivity index (χ1n) is 10.1. The van der Waals surface area contributed by atoms with Crippen molar-refractivity contribution in [3.05, 3.63) is 95.8 Å². The van der Waals surface area contributed by atoms with Gasteiger partial charge in [-0.3, -0.25) is 4.79 Å². The summed E-state index contributed by atoms with van der Waals surface area (Å²) in [4.78, 5) is 21.2. The summed E-state index contributed by atoms with van der Waals surface area (Å²) >= 11 is 0. The number of carbonyl (C=O) groups excluding carboxylic acids is 1. The first-order chi connectivity index (χ1) is 15.5. The predicted octanol–water partition coefficient (Wildman–Crippen LogP) is 5.81. The van der Waals surface area contributed by atoms with E-state index in [1.807, 2.05) is 62.4 Å². The van der Waals surface area contributed by atoms with Crippen LogP contribution in [0.4, 0.5) is 5.69 Å². The molecule has 4 rings (SSSR count). The van der Waals surface area contributed by atoms with Gasteiger partial charge in [0.05, 0.1) is 7.11 Å². The smallest absolute Gasteiger partial charge is 0.321 e. The highest BCUT2D eigenvalue weighted by molar-refractivity contribution is 6.04. The van der Waals surface area contributed by atoms with Crippen LogP contribution in [0.1, 0.15) is 21.5 Å². The van der Waals surface area contributed by atoms with E-state index in [-0.39, 0.29) is 11.9 Å². The number of ether oxygens (including phenoxy) is 2. The lowest BCUT2D eigenvalue weighted by Crippen LogP contribution is -2.12. The Kier molecular flexibility index (Phi) is 6.12. The Morgan fingerprint density at radius 2 is 1.56 bits per heavy atom. The van der Waals surface area contributed by atoms with Gasteiger partial charge in [0.2, 0.25) is 0 Å². The van der Waals surface area contributed by atoms with E-state index in [4.69, 9.17) is 9.47 Å². The van der Waals surface area contributed by atoms with Gasteiger partial charge in [-0.05, 0) is 55.3 Å². The van der Waals surface area contributed by atoms with Gasteiger partial charge in [0.15, 0.2) is 0 Å². The summed E-state index contributed by atoms with van der Waals surface area (Å²) in [5.74, 6) is 1.14. The van der Waals surface area contributed by atoms with E-state index in [0.717, 1.165) is 27.9 Å². The van der Waals surface area contributed by atoms with Crippen molar-refractivity contribution in [3.8, 4) is 28.6 Å². The van der Waals surface area contributed by atoms with Gasteiger partial charge in [0.1, 0.15) is 11.5 Å². The molecular weight excluding hydrogens is 402 g/mol. The van der Waals surface area contributed by atoms with Gasteiger partial charge in [0.25, 0.3) is 5.91 Å². The van der Waals surface area contributed by atoms with Crippen molar-refractivity contribution in [1.82, 2.24) is 9.97 Å². The van der Waals surface area contributed by atoms with Crippen LogP contribution in [0.2, 0.25) is 0 Å². The molecular formula is C26H23N3O3. The third-order valence-corrected chi connectivity index (χ3v) is 4.99. The summed E-state index contributed by atoms with van der Waals surface area (Å²) in [5.41, 5.74) is 5.30. The largest absolute Gasteiger partial charge is 0.497 e. The highest BCUT2D eigenvalue weighted by Gasteiger charge is 2.09. The fourth-order valence-corrected chi connectivity index (χ4v) is 3.25. The minimum atomic E-state index is -0.151.